The van der Waals surface area contributed by atoms with Gasteiger partial charge in [0.2, 0.25) is 0 Å². The van der Waals surface area contributed by atoms with Gasteiger partial charge in [-0.25, -0.2) is 9.97 Å². The molecule has 0 unspecified atom stereocenters. The third kappa shape index (κ3) is 2.18. The third-order valence-electron chi connectivity index (χ3n) is 2.94. The Morgan fingerprint density at radius 1 is 0.947 bits per heavy atom. The topological polar surface area (TPSA) is 64.7 Å². The van der Waals surface area contributed by atoms with Crippen molar-refractivity contribution < 1.29 is 0 Å². The quantitative estimate of drug-likeness (QED) is 0.759. The van der Waals surface area contributed by atoms with Crippen molar-refractivity contribution in [3.8, 4) is 11.4 Å². The minimum atomic E-state index is -0.186. The van der Waals surface area contributed by atoms with Crippen molar-refractivity contribution in [3.05, 3.63) is 54.4 Å². The Morgan fingerprint density at radius 3 is 2.26 bits per heavy atom. The zero-order chi connectivity index (χ0) is 13.2. The molecule has 4 heteroatoms. The van der Waals surface area contributed by atoms with Crippen molar-refractivity contribution >= 4 is 11.0 Å². The molecule has 0 fully saturated rings. The maximum Gasteiger partial charge on any atom is 0.112 e. The first kappa shape index (κ1) is 11.7. The molecule has 0 aliphatic heterocycles. The van der Waals surface area contributed by atoms with E-state index in [-0.39, 0.29) is 6.04 Å². The van der Waals surface area contributed by atoms with Crippen LogP contribution in [0.2, 0.25) is 0 Å². The normalized spacial score (nSPS) is 12.5. The lowest BCUT2D eigenvalue weighted by Crippen LogP contribution is -2.11. The van der Waals surface area contributed by atoms with E-state index in [4.69, 9.17) is 5.73 Å². The van der Waals surface area contributed by atoms with Gasteiger partial charge in [-0.3, -0.25) is 4.98 Å². The summed E-state index contributed by atoms with van der Waals surface area (Å²) in [5.74, 6) is 0. The maximum absolute atomic E-state index is 6.01. The van der Waals surface area contributed by atoms with Gasteiger partial charge in [-0.15, -0.1) is 0 Å². The van der Waals surface area contributed by atoms with Crippen molar-refractivity contribution in [2.24, 2.45) is 5.73 Å². The van der Waals surface area contributed by atoms with Crippen molar-refractivity contribution in [2.75, 3.05) is 0 Å². The molecule has 2 heterocycles. The summed E-state index contributed by atoms with van der Waals surface area (Å²) in [7, 11) is 0. The van der Waals surface area contributed by atoms with Gasteiger partial charge in [0.05, 0.1) is 22.4 Å². The molecule has 0 aliphatic carbocycles. The van der Waals surface area contributed by atoms with Crippen molar-refractivity contribution in [2.45, 2.75) is 13.0 Å². The van der Waals surface area contributed by atoms with Crippen LogP contribution in [0.1, 0.15) is 18.7 Å². The van der Waals surface area contributed by atoms with Crippen LogP contribution in [0.25, 0.3) is 22.4 Å². The second-order valence-electron chi connectivity index (χ2n) is 4.45. The highest BCUT2D eigenvalue weighted by Gasteiger charge is 2.14. The standard InChI is InChI=1S/C15H14N4/c1-10(16)14-15(13-8-4-5-9-17-13)19-12-7-3-2-6-11(12)18-14/h2-10H,16H2,1H3/t10-/m0/s1. The summed E-state index contributed by atoms with van der Waals surface area (Å²) in [5, 5.41) is 0. The van der Waals surface area contributed by atoms with Crippen LogP contribution in [0.4, 0.5) is 0 Å². The van der Waals surface area contributed by atoms with Gasteiger partial charge in [-0.1, -0.05) is 18.2 Å². The Morgan fingerprint density at radius 2 is 1.63 bits per heavy atom. The minimum absolute atomic E-state index is 0.186. The first-order chi connectivity index (χ1) is 9.25. The van der Waals surface area contributed by atoms with E-state index in [0.717, 1.165) is 28.1 Å². The molecule has 0 aliphatic rings. The number of nitrogens with zero attached hydrogens (tertiary/aromatic N) is 3. The van der Waals surface area contributed by atoms with Crippen LogP contribution in [0.3, 0.4) is 0 Å². The fourth-order valence-corrected chi connectivity index (χ4v) is 2.02. The Hall–Kier alpha value is -2.33. The molecule has 0 radical (unpaired) electrons. The minimum Gasteiger partial charge on any atom is -0.323 e. The molecule has 19 heavy (non-hydrogen) atoms. The number of nitrogens with two attached hydrogens (primary N) is 1. The number of benzene rings is 1. The average Bonchev–Trinajstić information content (AvgIpc) is 2.46. The van der Waals surface area contributed by atoms with Gasteiger partial charge in [0.25, 0.3) is 0 Å². The zero-order valence-corrected chi connectivity index (χ0v) is 10.6. The Bertz CT molecular complexity index is 708. The smallest absolute Gasteiger partial charge is 0.112 e. The third-order valence-corrected chi connectivity index (χ3v) is 2.94. The highest BCUT2D eigenvalue weighted by atomic mass is 14.9. The highest BCUT2D eigenvalue weighted by Crippen LogP contribution is 2.24. The van der Waals surface area contributed by atoms with E-state index in [0.29, 0.717) is 0 Å². The van der Waals surface area contributed by atoms with Crippen molar-refractivity contribution in [3.63, 3.8) is 0 Å². The van der Waals surface area contributed by atoms with Crippen LogP contribution >= 0.6 is 0 Å². The van der Waals surface area contributed by atoms with E-state index in [1.54, 1.807) is 6.20 Å². The Balaban J connectivity index is 2.30. The molecule has 3 rings (SSSR count). The fraction of sp³-hybridized carbons (Fsp3) is 0.133. The molecule has 0 saturated heterocycles. The van der Waals surface area contributed by atoms with Crippen LogP contribution in [0, 0.1) is 0 Å². The molecule has 0 amide bonds. The summed E-state index contributed by atoms with van der Waals surface area (Å²) in [4.78, 5) is 13.6. The number of aromatic nitrogens is 3. The predicted octanol–water partition coefficient (Wildman–Crippen LogP) is 2.71. The largest absolute Gasteiger partial charge is 0.323 e. The SMILES string of the molecule is C[C@H](N)c1nc2ccccc2nc1-c1ccccn1. The number of hydrogen-bond acceptors (Lipinski definition) is 4. The number of hydrogen-bond donors (Lipinski definition) is 1. The van der Waals surface area contributed by atoms with E-state index in [2.05, 4.69) is 15.0 Å². The van der Waals surface area contributed by atoms with Gasteiger partial charge in [-0.2, -0.15) is 0 Å². The summed E-state index contributed by atoms with van der Waals surface area (Å²) in [6, 6.07) is 13.3. The predicted molar refractivity (Wildman–Crippen MR) is 75.4 cm³/mol. The summed E-state index contributed by atoms with van der Waals surface area (Å²) in [6.45, 7) is 1.91. The molecule has 0 bridgehead atoms. The number of fused-ring (bicyclic) bond motifs is 1. The Labute approximate surface area is 111 Å². The fourth-order valence-electron chi connectivity index (χ4n) is 2.02. The van der Waals surface area contributed by atoms with Crippen LogP contribution in [0.5, 0.6) is 0 Å². The van der Waals surface area contributed by atoms with Crippen LogP contribution in [0.15, 0.2) is 48.7 Å². The molecule has 3 aromatic rings. The molecule has 1 atom stereocenters. The summed E-state index contributed by atoms with van der Waals surface area (Å²) in [5.41, 5.74) is 10.1. The highest BCUT2D eigenvalue weighted by molar-refractivity contribution is 5.77. The van der Waals surface area contributed by atoms with Crippen LogP contribution < -0.4 is 5.73 Å². The molecule has 2 N–H and O–H groups in total. The average molecular weight is 250 g/mol. The summed E-state index contributed by atoms with van der Waals surface area (Å²) in [6.07, 6.45) is 1.75. The first-order valence-corrected chi connectivity index (χ1v) is 6.19. The van der Waals surface area contributed by atoms with Gasteiger partial charge >= 0.3 is 0 Å². The molecule has 0 saturated carbocycles. The molecule has 4 nitrogen and oxygen atoms in total. The van der Waals surface area contributed by atoms with E-state index in [1.807, 2.05) is 49.4 Å². The van der Waals surface area contributed by atoms with E-state index >= 15 is 0 Å². The number of para-hydroxylation sites is 2. The van der Waals surface area contributed by atoms with Crippen LogP contribution in [-0.4, -0.2) is 15.0 Å². The molecule has 94 valence electrons. The zero-order valence-electron chi connectivity index (χ0n) is 10.6. The van der Waals surface area contributed by atoms with Gasteiger partial charge in [0.15, 0.2) is 0 Å². The van der Waals surface area contributed by atoms with E-state index in [1.165, 1.54) is 0 Å². The lowest BCUT2D eigenvalue weighted by atomic mass is 10.1. The van der Waals surface area contributed by atoms with E-state index in [9.17, 15) is 0 Å². The first-order valence-electron chi connectivity index (χ1n) is 6.19. The lowest BCUT2D eigenvalue weighted by Gasteiger charge is -2.11. The van der Waals surface area contributed by atoms with Gasteiger partial charge in [0.1, 0.15) is 5.69 Å². The van der Waals surface area contributed by atoms with Crippen molar-refractivity contribution in [1.29, 1.82) is 0 Å². The second-order valence-corrected chi connectivity index (χ2v) is 4.45. The lowest BCUT2D eigenvalue weighted by molar-refractivity contribution is 0.782. The Kier molecular flexibility index (Phi) is 2.93. The van der Waals surface area contributed by atoms with Gasteiger partial charge < -0.3 is 5.73 Å². The van der Waals surface area contributed by atoms with Gasteiger partial charge in [-0.05, 0) is 31.2 Å². The monoisotopic (exact) mass is 250 g/mol. The van der Waals surface area contributed by atoms with Gasteiger partial charge in [0, 0.05) is 12.2 Å². The molecule has 2 aromatic heterocycles. The number of pyridine rings is 1. The molecular weight excluding hydrogens is 236 g/mol. The molecule has 1 aromatic carbocycles. The van der Waals surface area contributed by atoms with Crippen LogP contribution in [-0.2, 0) is 0 Å². The maximum atomic E-state index is 6.01. The summed E-state index contributed by atoms with van der Waals surface area (Å²) < 4.78 is 0. The summed E-state index contributed by atoms with van der Waals surface area (Å²) >= 11 is 0. The van der Waals surface area contributed by atoms with E-state index < -0.39 is 0 Å². The number of rotatable bonds is 2. The second kappa shape index (κ2) is 4.74. The van der Waals surface area contributed by atoms with Crippen molar-refractivity contribution in [1.82, 2.24) is 15.0 Å². The molecule has 0 spiro atoms. The molecular formula is C15H14N4.